The molecule has 0 fully saturated rings. The van der Waals surface area contributed by atoms with E-state index in [0.29, 0.717) is 11.1 Å². The van der Waals surface area contributed by atoms with Crippen LogP contribution in [0.4, 0.5) is 4.39 Å². The summed E-state index contributed by atoms with van der Waals surface area (Å²) < 4.78 is 15.5. The first-order valence-corrected chi connectivity index (χ1v) is 10.4. The Bertz CT molecular complexity index is 954. The van der Waals surface area contributed by atoms with E-state index in [4.69, 9.17) is 0 Å². The number of rotatable bonds is 6. The number of benzene rings is 2. The molecule has 0 nitrogen and oxygen atoms in total. The molecule has 1 heteroatoms. The fraction of sp³-hybridized carbons (Fsp3) is 0.357. The molecule has 0 aliphatic heterocycles. The van der Waals surface area contributed by atoms with Crippen molar-refractivity contribution in [2.24, 2.45) is 5.92 Å². The third-order valence-electron chi connectivity index (χ3n) is 6.41. The number of aryl methyl sites for hydroxylation is 2. The van der Waals surface area contributed by atoms with E-state index in [2.05, 4.69) is 70.7 Å². The largest absolute Gasteiger partial charge is 0.206 e. The molecule has 0 aliphatic rings. The van der Waals surface area contributed by atoms with Gasteiger partial charge in [-0.05, 0) is 81.4 Å². The van der Waals surface area contributed by atoms with Crippen LogP contribution in [0.5, 0.6) is 0 Å². The van der Waals surface area contributed by atoms with Gasteiger partial charge >= 0.3 is 0 Å². The van der Waals surface area contributed by atoms with Gasteiger partial charge in [0.25, 0.3) is 0 Å². The number of allylic oxidation sites excluding steroid dienone is 4. The third kappa shape index (κ3) is 4.45. The van der Waals surface area contributed by atoms with Crippen molar-refractivity contribution in [3.8, 4) is 0 Å². The first kappa shape index (κ1) is 22.9. The van der Waals surface area contributed by atoms with Gasteiger partial charge in [0.2, 0.25) is 0 Å². The molecule has 2 aromatic rings. The third-order valence-corrected chi connectivity index (χ3v) is 6.41. The molecule has 154 valence electrons. The predicted octanol–water partition coefficient (Wildman–Crippen LogP) is 8.49. The van der Waals surface area contributed by atoms with Crippen LogP contribution in [-0.4, -0.2) is 0 Å². The first-order chi connectivity index (χ1) is 13.5. The minimum absolute atomic E-state index is 0.174. The summed E-state index contributed by atoms with van der Waals surface area (Å²) in [6, 6.07) is 14.8. The van der Waals surface area contributed by atoms with Gasteiger partial charge in [0, 0.05) is 11.0 Å². The van der Waals surface area contributed by atoms with Crippen LogP contribution in [0.25, 0.3) is 5.83 Å². The van der Waals surface area contributed by atoms with Gasteiger partial charge in [0.1, 0.15) is 5.83 Å². The number of hydrogen-bond acceptors (Lipinski definition) is 0. The van der Waals surface area contributed by atoms with Crippen LogP contribution in [0, 0.1) is 19.8 Å². The molecular formula is C28H35F. The zero-order valence-electron chi connectivity index (χ0n) is 19.3. The van der Waals surface area contributed by atoms with Gasteiger partial charge in [-0.25, -0.2) is 4.39 Å². The lowest BCUT2D eigenvalue weighted by atomic mass is 9.70. The molecule has 0 saturated carbocycles. The molecule has 1 unspecified atom stereocenters. The maximum atomic E-state index is 15.5. The van der Waals surface area contributed by atoms with E-state index < -0.39 is 0 Å². The van der Waals surface area contributed by atoms with E-state index in [1.165, 1.54) is 16.7 Å². The monoisotopic (exact) mass is 390 g/mol. The highest BCUT2D eigenvalue weighted by molar-refractivity contribution is 5.70. The summed E-state index contributed by atoms with van der Waals surface area (Å²) in [6.07, 6.45) is 2.15. The molecule has 0 bridgehead atoms. The maximum Gasteiger partial charge on any atom is 0.133 e. The Morgan fingerprint density at radius 1 is 1.00 bits per heavy atom. The van der Waals surface area contributed by atoms with Gasteiger partial charge in [-0.1, -0.05) is 74.0 Å². The van der Waals surface area contributed by atoms with Crippen LogP contribution >= 0.6 is 0 Å². The van der Waals surface area contributed by atoms with Crippen molar-refractivity contribution in [1.82, 2.24) is 0 Å². The van der Waals surface area contributed by atoms with Gasteiger partial charge in [0.05, 0.1) is 0 Å². The zero-order chi connectivity index (χ0) is 21.9. The quantitative estimate of drug-likeness (QED) is 0.342. The standard InChI is InChI=1S/C28H35F/c1-10-21(6)28(9,24-14-11-19(4)12-15-24)25-16-13-20(5)26(17-25)27(29)23(8)22(7)18(2)3/h10-18H,7H2,1-6,8-9H3/b21-10+,27-23+. The van der Waals surface area contributed by atoms with Crippen molar-refractivity contribution in [1.29, 1.82) is 0 Å². The van der Waals surface area contributed by atoms with Gasteiger partial charge in [-0.15, -0.1) is 0 Å². The zero-order valence-corrected chi connectivity index (χ0v) is 19.3. The van der Waals surface area contributed by atoms with E-state index >= 15 is 4.39 Å². The highest BCUT2D eigenvalue weighted by atomic mass is 19.1. The van der Waals surface area contributed by atoms with E-state index in [-0.39, 0.29) is 17.2 Å². The first-order valence-electron chi connectivity index (χ1n) is 10.4. The lowest BCUT2D eigenvalue weighted by Gasteiger charge is -2.33. The summed E-state index contributed by atoms with van der Waals surface area (Å²) in [4.78, 5) is 0. The number of halogens is 1. The SMILES string of the molecule is C=C(/C(C)=C(/F)c1cc(C(C)(/C(C)=C/C)c2ccc(C)cc2)ccc1C)C(C)C. The average Bonchev–Trinajstić information content (AvgIpc) is 2.71. The minimum Gasteiger partial charge on any atom is -0.206 e. The summed E-state index contributed by atoms with van der Waals surface area (Å²) in [7, 11) is 0. The molecule has 0 aromatic heterocycles. The van der Waals surface area contributed by atoms with E-state index in [9.17, 15) is 0 Å². The molecule has 0 N–H and O–H groups in total. The molecule has 0 aliphatic carbocycles. The summed E-state index contributed by atoms with van der Waals surface area (Å²) in [5, 5.41) is 0. The lowest BCUT2D eigenvalue weighted by molar-refractivity contribution is 0.669. The van der Waals surface area contributed by atoms with Crippen molar-refractivity contribution in [2.75, 3.05) is 0 Å². The van der Waals surface area contributed by atoms with Gasteiger partial charge < -0.3 is 0 Å². The molecule has 0 radical (unpaired) electrons. The molecule has 2 rings (SSSR count). The Morgan fingerprint density at radius 3 is 2.07 bits per heavy atom. The molecule has 0 amide bonds. The summed E-state index contributed by atoms with van der Waals surface area (Å²) >= 11 is 0. The van der Waals surface area contributed by atoms with E-state index in [1.54, 1.807) is 0 Å². The average molecular weight is 391 g/mol. The second kappa shape index (κ2) is 8.95. The van der Waals surface area contributed by atoms with Crippen LogP contribution < -0.4 is 0 Å². The topological polar surface area (TPSA) is 0 Å². The molecule has 0 heterocycles. The molecule has 2 aromatic carbocycles. The summed E-state index contributed by atoms with van der Waals surface area (Å²) in [6.45, 7) is 20.5. The number of hydrogen-bond donors (Lipinski definition) is 0. The van der Waals surface area contributed by atoms with Crippen LogP contribution in [0.3, 0.4) is 0 Å². The highest BCUT2D eigenvalue weighted by Gasteiger charge is 2.31. The molecule has 0 saturated heterocycles. The van der Waals surface area contributed by atoms with Gasteiger partial charge in [-0.2, -0.15) is 0 Å². The second-order valence-corrected chi connectivity index (χ2v) is 8.61. The second-order valence-electron chi connectivity index (χ2n) is 8.61. The van der Waals surface area contributed by atoms with Crippen molar-refractivity contribution >= 4 is 5.83 Å². The summed E-state index contributed by atoms with van der Waals surface area (Å²) in [5.74, 6) is 0.0415. The Morgan fingerprint density at radius 2 is 1.55 bits per heavy atom. The molecule has 29 heavy (non-hydrogen) atoms. The van der Waals surface area contributed by atoms with Crippen molar-refractivity contribution < 1.29 is 4.39 Å². The maximum absolute atomic E-state index is 15.5. The molecule has 0 spiro atoms. The van der Waals surface area contributed by atoms with Gasteiger partial charge in [0.15, 0.2) is 0 Å². The highest BCUT2D eigenvalue weighted by Crippen LogP contribution is 2.41. The van der Waals surface area contributed by atoms with Gasteiger partial charge in [-0.3, -0.25) is 0 Å². The van der Waals surface area contributed by atoms with E-state index in [1.807, 2.05) is 39.8 Å². The smallest absolute Gasteiger partial charge is 0.133 e. The molecular weight excluding hydrogens is 355 g/mol. The van der Waals surface area contributed by atoms with Crippen LogP contribution in [0.1, 0.15) is 69.4 Å². The minimum atomic E-state index is -0.325. The molecule has 1 atom stereocenters. The fourth-order valence-corrected chi connectivity index (χ4v) is 3.74. The van der Waals surface area contributed by atoms with Crippen LogP contribution in [0.15, 0.2) is 71.8 Å². The Balaban J connectivity index is 2.73. The fourth-order valence-electron chi connectivity index (χ4n) is 3.74. The van der Waals surface area contributed by atoms with Crippen LogP contribution in [-0.2, 0) is 5.41 Å². The van der Waals surface area contributed by atoms with Crippen LogP contribution in [0.2, 0.25) is 0 Å². The van der Waals surface area contributed by atoms with Crippen molar-refractivity contribution in [2.45, 2.75) is 60.8 Å². The predicted molar refractivity (Wildman–Crippen MR) is 126 cm³/mol. The summed E-state index contributed by atoms with van der Waals surface area (Å²) in [5.41, 5.74) is 7.53. The van der Waals surface area contributed by atoms with Crippen molar-refractivity contribution in [3.63, 3.8) is 0 Å². The Labute approximate surface area is 176 Å². The van der Waals surface area contributed by atoms with E-state index in [0.717, 1.165) is 16.7 Å². The lowest BCUT2D eigenvalue weighted by Crippen LogP contribution is -2.25. The van der Waals surface area contributed by atoms with Crippen molar-refractivity contribution in [3.05, 3.63) is 99.7 Å². The Kier molecular flexibility index (Phi) is 7.06. The Hall–Kier alpha value is -2.41. The normalized spacial score (nSPS) is 15.2.